The molecule has 2 amide bonds. The van der Waals surface area contributed by atoms with Crippen LogP contribution in [0, 0.1) is 0 Å². The normalized spacial score (nSPS) is 17.7. The lowest BCUT2D eigenvalue weighted by molar-refractivity contribution is -0.138. The van der Waals surface area contributed by atoms with Gasteiger partial charge in [-0.3, -0.25) is 14.5 Å². The molecule has 148 valence electrons. The van der Waals surface area contributed by atoms with Gasteiger partial charge in [0.05, 0.1) is 26.2 Å². The predicted octanol–water partition coefficient (Wildman–Crippen LogP) is 1.00. The number of carbonyl (C=O) groups excluding carboxylic acids is 2. The lowest BCUT2D eigenvalue weighted by Gasteiger charge is -2.34. The van der Waals surface area contributed by atoms with Gasteiger partial charge in [0.2, 0.25) is 11.8 Å². The van der Waals surface area contributed by atoms with Crippen molar-refractivity contribution in [2.75, 3.05) is 54.1 Å². The Bertz CT molecular complexity index is 662. The highest BCUT2D eigenvalue weighted by atomic mass is 16.5. The Labute approximate surface area is 160 Å². The van der Waals surface area contributed by atoms with Gasteiger partial charge in [0.15, 0.2) is 0 Å². The minimum atomic E-state index is -0.460. The smallest absolute Gasteiger partial charge is 0.237 e. The Morgan fingerprint density at radius 1 is 1.37 bits per heavy atom. The molecule has 7 heteroatoms. The topological polar surface area (TPSA) is 71.1 Å². The zero-order valence-electron chi connectivity index (χ0n) is 16.3. The molecule has 0 bridgehead atoms. The summed E-state index contributed by atoms with van der Waals surface area (Å²) in [7, 11) is 4.97. The van der Waals surface area contributed by atoms with Crippen LogP contribution in [0.1, 0.15) is 12.0 Å². The summed E-state index contributed by atoms with van der Waals surface area (Å²) in [6.45, 7) is 2.88. The van der Waals surface area contributed by atoms with Crippen LogP contribution in [-0.2, 0) is 14.3 Å². The van der Waals surface area contributed by atoms with Crippen molar-refractivity contribution >= 4 is 17.9 Å². The standard InChI is InChI=1S/C20H29N3O4/c1-22(13-14-26-2)19(24)15-17-20(25)21-10-12-23(17)11-6-8-16-7-4-5-9-18(16)27-3/h4-9,17H,10-15H2,1-3H3,(H,21,25). The van der Waals surface area contributed by atoms with E-state index in [2.05, 4.69) is 5.32 Å². The van der Waals surface area contributed by atoms with Crippen LogP contribution in [0.4, 0.5) is 0 Å². The molecule has 1 aromatic carbocycles. The maximum absolute atomic E-state index is 12.4. The van der Waals surface area contributed by atoms with Crippen LogP contribution >= 0.6 is 0 Å². The van der Waals surface area contributed by atoms with Crippen LogP contribution in [0.25, 0.3) is 6.08 Å². The van der Waals surface area contributed by atoms with E-state index in [1.165, 1.54) is 0 Å². The van der Waals surface area contributed by atoms with Crippen molar-refractivity contribution in [3.8, 4) is 5.75 Å². The molecule has 1 unspecified atom stereocenters. The Kier molecular flexibility index (Phi) is 8.29. The molecule has 1 aliphatic rings. The van der Waals surface area contributed by atoms with Crippen LogP contribution < -0.4 is 10.1 Å². The number of nitrogens with one attached hydrogen (secondary N) is 1. The zero-order chi connectivity index (χ0) is 19.6. The molecule has 1 aromatic rings. The lowest BCUT2D eigenvalue weighted by Crippen LogP contribution is -2.56. The van der Waals surface area contributed by atoms with Gasteiger partial charge in [-0.15, -0.1) is 0 Å². The average Bonchev–Trinajstić information content (AvgIpc) is 2.68. The van der Waals surface area contributed by atoms with Crippen molar-refractivity contribution in [2.45, 2.75) is 12.5 Å². The summed E-state index contributed by atoms with van der Waals surface area (Å²) in [5.74, 6) is 0.643. The highest BCUT2D eigenvalue weighted by molar-refractivity contribution is 5.88. The number of likely N-dealkylation sites (N-methyl/N-ethyl adjacent to an activating group) is 1. The maximum Gasteiger partial charge on any atom is 0.237 e. The predicted molar refractivity (Wildman–Crippen MR) is 105 cm³/mol. The van der Waals surface area contributed by atoms with Crippen molar-refractivity contribution in [1.29, 1.82) is 0 Å². The Morgan fingerprint density at radius 2 is 2.15 bits per heavy atom. The number of carbonyl (C=O) groups is 2. The van der Waals surface area contributed by atoms with Crippen molar-refractivity contribution in [3.63, 3.8) is 0 Å². The van der Waals surface area contributed by atoms with Crippen molar-refractivity contribution in [3.05, 3.63) is 35.9 Å². The SMILES string of the molecule is COCCN(C)C(=O)CC1C(=O)NCCN1CC=Cc1ccccc1OC. The van der Waals surface area contributed by atoms with Crippen LogP contribution in [0.5, 0.6) is 5.75 Å². The minimum absolute atomic E-state index is 0.0622. The van der Waals surface area contributed by atoms with E-state index >= 15 is 0 Å². The molecule has 1 N–H and O–H groups in total. The number of benzene rings is 1. The zero-order valence-corrected chi connectivity index (χ0v) is 16.3. The summed E-state index contributed by atoms with van der Waals surface area (Å²) in [5.41, 5.74) is 0.980. The van der Waals surface area contributed by atoms with Gasteiger partial charge < -0.3 is 19.7 Å². The van der Waals surface area contributed by atoms with Crippen LogP contribution in [0.3, 0.4) is 0 Å². The van der Waals surface area contributed by atoms with E-state index in [1.807, 2.05) is 41.3 Å². The summed E-state index contributed by atoms with van der Waals surface area (Å²) in [5, 5.41) is 2.86. The first kappa shape index (κ1) is 20.9. The number of methoxy groups -OCH3 is 2. The van der Waals surface area contributed by atoms with Crippen LogP contribution in [-0.4, -0.2) is 81.7 Å². The third-order valence-corrected chi connectivity index (χ3v) is 4.64. The number of rotatable bonds is 9. The molecule has 0 radical (unpaired) electrons. The summed E-state index contributed by atoms with van der Waals surface area (Å²) in [4.78, 5) is 28.4. The fourth-order valence-electron chi connectivity index (χ4n) is 3.00. The van der Waals surface area contributed by atoms with Gasteiger partial charge in [0.1, 0.15) is 5.75 Å². The number of para-hydroxylation sites is 1. The van der Waals surface area contributed by atoms with Gasteiger partial charge in [0, 0.05) is 45.9 Å². The molecule has 27 heavy (non-hydrogen) atoms. The Morgan fingerprint density at radius 3 is 2.89 bits per heavy atom. The first-order chi connectivity index (χ1) is 13.1. The van der Waals surface area contributed by atoms with E-state index in [0.717, 1.165) is 11.3 Å². The molecule has 0 spiro atoms. The number of piperazine rings is 1. The molecule has 0 aliphatic carbocycles. The fourth-order valence-corrected chi connectivity index (χ4v) is 3.00. The van der Waals surface area contributed by atoms with Crippen molar-refractivity contribution in [2.24, 2.45) is 0 Å². The number of ether oxygens (including phenoxy) is 2. The molecule has 0 aromatic heterocycles. The quantitative estimate of drug-likeness (QED) is 0.697. The van der Waals surface area contributed by atoms with Gasteiger partial charge in [-0.05, 0) is 6.07 Å². The monoisotopic (exact) mass is 375 g/mol. The molecule has 1 aliphatic heterocycles. The summed E-state index contributed by atoms with van der Waals surface area (Å²) >= 11 is 0. The average molecular weight is 375 g/mol. The lowest BCUT2D eigenvalue weighted by atomic mass is 10.1. The number of hydrogen-bond acceptors (Lipinski definition) is 5. The summed E-state index contributed by atoms with van der Waals surface area (Å²) < 4.78 is 10.4. The van der Waals surface area contributed by atoms with E-state index in [0.29, 0.717) is 32.8 Å². The first-order valence-electron chi connectivity index (χ1n) is 9.11. The third-order valence-electron chi connectivity index (χ3n) is 4.64. The molecule has 1 fully saturated rings. The maximum atomic E-state index is 12.4. The minimum Gasteiger partial charge on any atom is -0.496 e. The third kappa shape index (κ3) is 6.08. The van der Waals surface area contributed by atoms with Gasteiger partial charge >= 0.3 is 0 Å². The molecule has 0 saturated carbocycles. The molecule has 1 saturated heterocycles. The first-order valence-corrected chi connectivity index (χ1v) is 9.11. The molecule has 7 nitrogen and oxygen atoms in total. The number of nitrogens with zero attached hydrogens (tertiary/aromatic N) is 2. The number of amides is 2. The van der Waals surface area contributed by atoms with Gasteiger partial charge in [0.25, 0.3) is 0 Å². The van der Waals surface area contributed by atoms with E-state index in [-0.39, 0.29) is 18.2 Å². The van der Waals surface area contributed by atoms with Crippen molar-refractivity contribution < 1.29 is 19.1 Å². The van der Waals surface area contributed by atoms with E-state index in [1.54, 1.807) is 26.2 Å². The highest BCUT2D eigenvalue weighted by Gasteiger charge is 2.31. The second-order valence-electron chi connectivity index (χ2n) is 6.46. The highest BCUT2D eigenvalue weighted by Crippen LogP contribution is 2.19. The molecular weight excluding hydrogens is 346 g/mol. The van der Waals surface area contributed by atoms with Gasteiger partial charge in [-0.1, -0.05) is 30.4 Å². The van der Waals surface area contributed by atoms with Crippen molar-refractivity contribution in [1.82, 2.24) is 15.1 Å². The van der Waals surface area contributed by atoms with Gasteiger partial charge in [-0.25, -0.2) is 0 Å². The largest absolute Gasteiger partial charge is 0.496 e. The van der Waals surface area contributed by atoms with Crippen LogP contribution in [0.15, 0.2) is 30.3 Å². The second-order valence-corrected chi connectivity index (χ2v) is 6.46. The number of hydrogen-bond donors (Lipinski definition) is 1. The summed E-state index contributed by atoms with van der Waals surface area (Å²) in [6, 6.07) is 7.30. The molecule has 1 heterocycles. The summed E-state index contributed by atoms with van der Waals surface area (Å²) in [6.07, 6.45) is 4.14. The molecular formula is C20H29N3O4. The van der Waals surface area contributed by atoms with E-state index < -0.39 is 6.04 Å². The van der Waals surface area contributed by atoms with E-state index in [4.69, 9.17) is 9.47 Å². The Balaban J connectivity index is 1.99. The molecule has 1 atom stereocenters. The second kappa shape index (κ2) is 10.7. The van der Waals surface area contributed by atoms with Gasteiger partial charge in [-0.2, -0.15) is 0 Å². The van der Waals surface area contributed by atoms with E-state index in [9.17, 15) is 9.59 Å². The molecule has 2 rings (SSSR count). The fraction of sp³-hybridized carbons (Fsp3) is 0.500. The Hall–Kier alpha value is -2.38. The van der Waals surface area contributed by atoms with Crippen LogP contribution in [0.2, 0.25) is 0 Å².